The van der Waals surface area contributed by atoms with Gasteiger partial charge in [-0.05, 0) is 11.0 Å². The second-order valence-electron chi connectivity index (χ2n) is 2.64. The van der Waals surface area contributed by atoms with Gasteiger partial charge in [0, 0.05) is 12.5 Å². The summed E-state index contributed by atoms with van der Waals surface area (Å²) in [5.41, 5.74) is 1.38. The number of carbonyl (C=O) groups excluding carboxylic acids is 1. The Balaban J connectivity index is 2.75. The summed E-state index contributed by atoms with van der Waals surface area (Å²) in [7, 11) is -1.43. The van der Waals surface area contributed by atoms with E-state index in [1.165, 1.54) is 6.08 Å². The highest BCUT2D eigenvalue weighted by atomic mass is 16.4. The molecule has 0 fully saturated rings. The van der Waals surface area contributed by atoms with Crippen molar-refractivity contribution in [3.63, 3.8) is 0 Å². The van der Waals surface area contributed by atoms with Crippen LogP contribution < -0.4 is 5.46 Å². The predicted molar refractivity (Wildman–Crippen MR) is 50.2 cm³/mol. The highest BCUT2D eigenvalue weighted by Crippen LogP contribution is 1.98. The normalized spacial score (nSPS) is 9.08. The molecule has 3 nitrogen and oxygen atoms in total. The van der Waals surface area contributed by atoms with Crippen LogP contribution in [0, 0.1) is 0 Å². The lowest BCUT2D eigenvalue weighted by atomic mass is 9.80. The van der Waals surface area contributed by atoms with Crippen LogP contribution >= 0.6 is 0 Å². The lowest BCUT2D eigenvalue weighted by Gasteiger charge is -1.99. The Morgan fingerprint density at radius 2 is 1.92 bits per heavy atom. The first-order valence-corrected chi connectivity index (χ1v) is 3.88. The van der Waals surface area contributed by atoms with Crippen molar-refractivity contribution in [2.75, 3.05) is 0 Å². The van der Waals surface area contributed by atoms with E-state index in [2.05, 4.69) is 0 Å². The Hall–Kier alpha value is -1.35. The summed E-state index contributed by atoms with van der Waals surface area (Å²) in [5, 5.41) is 17.6. The maximum atomic E-state index is 9.89. The fraction of sp³-hybridized carbons (Fsp3) is 0.111. The van der Waals surface area contributed by atoms with Crippen LogP contribution in [-0.2, 0) is 11.2 Å². The third-order valence-electron chi connectivity index (χ3n) is 1.70. The van der Waals surface area contributed by atoms with Crippen molar-refractivity contribution in [2.45, 2.75) is 6.42 Å². The molecule has 0 aliphatic carbocycles. The van der Waals surface area contributed by atoms with Crippen molar-refractivity contribution in [3.05, 3.63) is 35.9 Å². The zero-order valence-corrected chi connectivity index (χ0v) is 6.97. The summed E-state index contributed by atoms with van der Waals surface area (Å²) >= 11 is 0. The smallest absolute Gasteiger partial charge is 0.423 e. The van der Waals surface area contributed by atoms with Gasteiger partial charge in [0.15, 0.2) is 0 Å². The molecule has 1 aromatic rings. The zero-order chi connectivity index (χ0) is 9.68. The van der Waals surface area contributed by atoms with Crippen LogP contribution in [0.2, 0.25) is 0 Å². The molecule has 2 N–H and O–H groups in total. The van der Waals surface area contributed by atoms with Crippen molar-refractivity contribution >= 4 is 18.5 Å². The van der Waals surface area contributed by atoms with Crippen LogP contribution in [0.1, 0.15) is 5.56 Å². The molecule has 1 aromatic carbocycles. The zero-order valence-electron chi connectivity index (χ0n) is 6.97. The summed E-state index contributed by atoms with van der Waals surface area (Å²) in [4.78, 5) is 9.89. The quantitative estimate of drug-likeness (QED) is 0.472. The number of rotatable bonds is 3. The molecule has 0 heterocycles. The molecule has 0 aliphatic heterocycles. The van der Waals surface area contributed by atoms with Gasteiger partial charge in [0.2, 0.25) is 0 Å². The van der Waals surface area contributed by atoms with Crippen molar-refractivity contribution in [2.24, 2.45) is 0 Å². The van der Waals surface area contributed by atoms with Crippen molar-refractivity contribution in [1.82, 2.24) is 0 Å². The Morgan fingerprint density at radius 1 is 1.31 bits per heavy atom. The first-order valence-electron chi connectivity index (χ1n) is 3.88. The fourth-order valence-corrected chi connectivity index (χ4v) is 0.985. The van der Waals surface area contributed by atoms with Gasteiger partial charge in [0.05, 0.1) is 0 Å². The van der Waals surface area contributed by atoms with E-state index >= 15 is 0 Å². The summed E-state index contributed by atoms with van der Waals surface area (Å²) in [6.45, 7) is 0. The van der Waals surface area contributed by atoms with E-state index in [-0.39, 0.29) is 0 Å². The average Bonchev–Trinajstić information content (AvgIpc) is 2.15. The molecule has 4 heteroatoms. The fourth-order valence-electron chi connectivity index (χ4n) is 0.985. The third-order valence-corrected chi connectivity index (χ3v) is 1.70. The van der Waals surface area contributed by atoms with Gasteiger partial charge in [-0.2, -0.15) is 0 Å². The molecule has 0 aliphatic rings. The number of allylic oxidation sites excluding steroid dienone is 1. The molecule has 66 valence electrons. The molecule has 1 rings (SSSR count). The lowest BCUT2D eigenvalue weighted by molar-refractivity contribution is 0.426. The number of benzene rings is 1. The molecule has 0 saturated carbocycles. The van der Waals surface area contributed by atoms with Crippen molar-refractivity contribution in [3.8, 4) is 0 Å². The Kier molecular flexibility index (Phi) is 3.47. The van der Waals surface area contributed by atoms with Gasteiger partial charge in [-0.25, -0.2) is 4.79 Å². The van der Waals surface area contributed by atoms with Crippen molar-refractivity contribution in [1.29, 1.82) is 0 Å². The van der Waals surface area contributed by atoms with Gasteiger partial charge in [0.25, 0.3) is 0 Å². The Labute approximate surface area is 76.5 Å². The summed E-state index contributed by atoms with van der Waals surface area (Å²) in [5.74, 6) is 1.68. The standard InChI is InChI=1S/C9H9BO3/c11-7-1-2-8-3-5-9(6-4-8)10(12)13/h1,3-6,12-13H,2H2. The molecule has 0 unspecified atom stereocenters. The second-order valence-corrected chi connectivity index (χ2v) is 2.64. The highest BCUT2D eigenvalue weighted by Gasteiger charge is 2.08. The van der Waals surface area contributed by atoms with Gasteiger partial charge in [-0.15, -0.1) is 0 Å². The number of hydrogen-bond acceptors (Lipinski definition) is 3. The van der Waals surface area contributed by atoms with Crippen LogP contribution in [0.5, 0.6) is 0 Å². The monoisotopic (exact) mass is 176 g/mol. The second kappa shape index (κ2) is 4.62. The van der Waals surface area contributed by atoms with E-state index in [1.54, 1.807) is 30.2 Å². The molecule has 0 saturated heterocycles. The topological polar surface area (TPSA) is 57.5 Å². The van der Waals surface area contributed by atoms with Gasteiger partial charge in [-0.1, -0.05) is 24.3 Å². The van der Waals surface area contributed by atoms with Crippen LogP contribution in [-0.4, -0.2) is 23.1 Å². The van der Waals surface area contributed by atoms with E-state index < -0.39 is 7.12 Å². The van der Waals surface area contributed by atoms with E-state index in [4.69, 9.17) is 10.0 Å². The molecule has 0 radical (unpaired) electrons. The molecule has 0 bridgehead atoms. The molecule has 0 aromatic heterocycles. The van der Waals surface area contributed by atoms with Crippen molar-refractivity contribution < 1.29 is 14.8 Å². The molecule has 0 amide bonds. The van der Waals surface area contributed by atoms with Gasteiger partial charge in [0.1, 0.15) is 5.94 Å². The maximum absolute atomic E-state index is 9.89. The highest BCUT2D eigenvalue weighted by molar-refractivity contribution is 6.58. The van der Waals surface area contributed by atoms with E-state index in [0.717, 1.165) is 5.56 Å². The molecule has 13 heavy (non-hydrogen) atoms. The van der Waals surface area contributed by atoms with Crippen LogP contribution in [0.15, 0.2) is 30.3 Å². The van der Waals surface area contributed by atoms with Gasteiger partial charge in [-0.3, -0.25) is 0 Å². The summed E-state index contributed by atoms with van der Waals surface area (Å²) < 4.78 is 0. The molecular weight excluding hydrogens is 167 g/mol. The molecule has 0 spiro atoms. The van der Waals surface area contributed by atoms with E-state index in [9.17, 15) is 4.79 Å². The number of hydrogen-bond donors (Lipinski definition) is 2. The molecular formula is C9H9BO3. The summed E-state index contributed by atoms with van der Waals surface area (Å²) in [6, 6.07) is 6.70. The van der Waals surface area contributed by atoms with Crippen LogP contribution in [0.25, 0.3) is 0 Å². The third kappa shape index (κ3) is 2.88. The van der Waals surface area contributed by atoms with E-state index in [0.29, 0.717) is 11.9 Å². The minimum atomic E-state index is -1.43. The average molecular weight is 176 g/mol. The van der Waals surface area contributed by atoms with Gasteiger partial charge >= 0.3 is 7.12 Å². The minimum Gasteiger partial charge on any atom is -0.423 e. The van der Waals surface area contributed by atoms with E-state index in [1.807, 2.05) is 0 Å². The SMILES string of the molecule is O=C=CCc1ccc(B(O)O)cc1. The molecule has 0 atom stereocenters. The Bertz CT molecular complexity index is 312. The predicted octanol–water partition coefficient (Wildman–Crippen LogP) is -0.703. The first-order chi connectivity index (χ1) is 6.24. The van der Waals surface area contributed by atoms with Crippen LogP contribution in [0.3, 0.4) is 0 Å². The van der Waals surface area contributed by atoms with Gasteiger partial charge < -0.3 is 10.0 Å². The first kappa shape index (κ1) is 9.74. The lowest BCUT2D eigenvalue weighted by Crippen LogP contribution is -2.29. The Morgan fingerprint density at radius 3 is 2.38 bits per heavy atom. The van der Waals surface area contributed by atoms with Crippen LogP contribution in [0.4, 0.5) is 0 Å². The summed E-state index contributed by atoms with van der Waals surface area (Å²) in [6.07, 6.45) is 1.90. The maximum Gasteiger partial charge on any atom is 0.488 e. The minimum absolute atomic E-state index is 0.443. The largest absolute Gasteiger partial charge is 0.488 e.